The maximum atomic E-state index is 4.49. The van der Waals surface area contributed by atoms with E-state index in [1.165, 1.54) is 0 Å². The normalized spacial score (nSPS) is 10.8. The molecule has 0 saturated carbocycles. The average molecular weight is 274 g/mol. The van der Waals surface area contributed by atoms with Gasteiger partial charge in [0.15, 0.2) is 0 Å². The Morgan fingerprint density at radius 1 is 1.06 bits per heavy atom. The van der Waals surface area contributed by atoms with Gasteiger partial charge in [-0.2, -0.15) is 0 Å². The van der Waals surface area contributed by atoms with E-state index in [4.69, 9.17) is 0 Å². The number of imidazole rings is 1. The number of fused-ring (bicyclic) bond motifs is 1. The highest BCUT2D eigenvalue weighted by atomic mass is 79.9. The first-order valence-electron chi connectivity index (χ1n) is 4.90. The fourth-order valence-electron chi connectivity index (χ4n) is 1.64. The molecule has 0 radical (unpaired) electrons. The molecule has 3 aromatic rings. The van der Waals surface area contributed by atoms with E-state index in [0.29, 0.717) is 5.78 Å². The van der Waals surface area contributed by atoms with Gasteiger partial charge in [-0.25, -0.2) is 9.97 Å². The Kier molecular flexibility index (Phi) is 2.22. The van der Waals surface area contributed by atoms with Crippen LogP contribution in [0, 0.1) is 0 Å². The Balaban J connectivity index is 2.29. The highest BCUT2D eigenvalue weighted by molar-refractivity contribution is 9.10. The summed E-state index contributed by atoms with van der Waals surface area (Å²) in [4.78, 5) is 8.70. The monoisotopic (exact) mass is 273 g/mol. The molecule has 0 bridgehead atoms. The maximum Gasteiger partial charge on any atom is 0.235 e. The van der Waals surface area contributed by atoms with Crippen molar-refractivity contribution in [2.45, 2.75) is 0 Å². The quantitative estimate of drug-likeness (QED) is 0.682. The number of halogens is 1. The molecule has 0 aliphatic heterocycles. The van der Waals surface area contributed by atoms with E-state index in [1.807, 2.05) is 47.0 Å². The van der Waals surface area contributed by atoms with Crippen molar-refractivity contribution in [1.82, 2.24) is 14.4 Å². The molecule has 0 unspecified atom stereocenters. The summed E-state index contributed by atoms with van der Waals surface area (Å²) in [6.07, 6.45) is 3.68. The Morgan fingerprint density at radius 3 is 2.62 bits per heavy atom. The predicted octanol–water partition coefficient (Wildman–Crippen LogP) is 3.16. The minimum Gasteiger partial charge on any atom is -0.277 e. The average Bonchev–Trinajstić information content (AvgIpc) is 2.69. The van der Waals surface area contributed by atoms with Crippen LogP contribution in [0.4, 0.5) is 0 Å². The van der Waals surface area contributed by atoms with Crippen LogP contribution in [0.5, 0.6) is 0 Å². The van der Waals surface area contributed by atoms with Crippen LogP contribution in [0.2, 0.25) is 0 Å². The fraction of sp³-hybridized carbons (Fsp3) is 0. The second-order valence-corrected chi connectivity index (χ2v) is 4.16. The van der Waals surface area contributed by atoms with Crippen molar-refractivity contribution in [2.24, 2.45) is 0 Å². The summed E-state index contributed by atoms with van der Waals surface area (Å²) in [7, 11) is 0. The Hall–Kier alpha value is -1.68. The summed E-state index contributed by atoms with van der Waals surface area (Å²) in [5.74, 6) is 0.702. The topological polar surface area (TPSA) is 30.2 Å². The molecule has 0 N–H and O–H groups in total. The van der Waals surface area contributed by atoms with Crippen LogP contribution in [0.3, 0.4) is 0 Å². The van der Waals surface area contributed by atoms with Gasteiger partial charge >= 0.3 is 0 Å². The molecule has 0 amide bonds. The summed E-state index contributed by atoms with van der Waals surface area (Å²) in [6, 6.07) is 11.9. The largest absolute Gasteiger partial charge is 0.277 e. The molecule has 0 atom stereocenters. The van der Waals surface area contributed by atoms with Crippen LogP contribution in [-0.4, -0.2) is 14.4 Å². The number of benzene rings is 1. The smallest absolute Gasteiger partial charge is 0.235 e. The molecule has 16 heavy (non-hydrogen) atoms. The van der Waals surface area contributed by atoms with Gasteiger partial charge in [-0.1, -0.05) is 30.3 Å². The third-order valence-electron chi connectivity index (χ3n) is 2.39. The first kappa shape index (κ1) is 9.54. The molecule has 2 heterocycles. The molecule has 2 aromatic heterocycles. The zero-order chi connectivity index (χ0) is 11.0. The van der Waals surface area contributed by atoms with Crippen molar-refractivity contribution in [3.05, 3.63) is 53.4 Å². The summed E-state index contributed by atoms with van der Waals surface area (Å²) in [5, 5.41) is 0. The van der Waals surface area contributed by atoms with Gasteiger partial charge in [0.2, 0.25) is 5.78 Å². The van der Waals surface area contributed by atoms with E-state index in [1.54, 1.807) is 6.20 Å². The first-order chi connectivity index (χ1) is 7.86. The van der Waals surface area contributed by atoms with Gasteiger partial charge in [0, 0.05) is 18.0 Å². The van der Waals surface area contributed by atoms with Crippen molar-refractivity contribution in [1.29, 1.82) is 0 Å². The molecular formula is C12H8BrN3. The number of hydrogen-bond donors (Lipinski definition) is 0. The lowest BCUT2D eigenvalue weighted by molar-refractivity contribution is 1.09. The zero-order valence-electron chi connectivity index (χ0n) is 8.34. The Bertz CT molecular complexity index is 631. The van der Waals surface area contributed by atoms with E-state index in [0.717, 1.165) is 15.9 Å². The van der Waals surface area contributed by atoms with Crippen molar-refractivity contribution < 1.29 is 0 Å². The molecule has 3 nitrogen and oxygen atoms in total. The van der Waals surface area contributed by atoms with Crippen molar-refractivity contribution in [3.63, 3.8) is 0 Å². The molecule has 0 aliphatic carbocycles. The number of nitrogens with zero attached hydrogens (tertiary/aromatic N) is 3. The standard InChI is InChI=1S/C12H8BrN3/c13-11-10(9-5-2-1-3-6-9)15-12-14-7-4-8-16(11)12/h1-8H. The van der Waals surface area contributed by atoms with Crippen molar-refractivity contribution in [2.75, 3.05) is 0 Å². The van der Waals surface area contributed by atoms with E-state index in [-0.39, 0.29) is 0 Å². The third kappa shape index (κ3) is 1.42. The van der Waals surface area contributed by atoms with Gasteiger partial charge in [-0.05, 0) is 22.0 Å². The van der Waals surface area contributed by atoms with Gasteiger partial charge in [0.05, 0.1) is 0 Å². The second-order valence-electron chi connectivity index (χ2n) is 3.41. The van der Waals surface area contributed by atoms with Gasteiger partial charge in [0.1, 0.15) is 10.3 Å². The summed E-state index contributed by atoms with van der Waals surface area (Å²) < 4.78 is 2.85. The minimum atomic E-state index is 0.702. The van der Waals surface area contributed by atoms with Crippen LogP contribution in [-0.2, 0) is 0 Å². The summed E-state index contributed by atoms with van der Waals surface area (Å²) >= 11 is 3.55. The van der Waals surface area contributed by atoms with E-state index >= 15 is 0 Å². The van der Waals surface area contributed by atoms with Crippen LogP contribution >= 0.6 is 15.9 Å². The molecule has 0 saturated heterocycles. The Labute approximate surface area is 101 Å². The Morgan fingerprint density at radius 2 is 1.88 bits per heavy atom. The zero-order valence-corrected chi connectivity index (χ0v) is 9.92. The minimum absolute atomic E-state index is 0.702. The lowest BCUT2D eigenvalue weighted by Crippen LogP contribution is -1.85. The SMILES string of the molecule is Brc1c(-c2ccccc2)nc2ncccn12. The molecule has 3 rings (SSSR count). The highest BCUT2D eigenvalue weighted by Crippen LogP contribution is 2.27. The molecule has 0 aliphatic rings. The molecule has 78 valence electrons. The lowest BCUT2D eigenvalue weighted by Gasteiger charge is -1.96. The molecule has 0 fully saturated rings. The van der Waals surface area contributed by atoms with Crippen molar-refractivity contribution >= 4 is 21.7 Å². The van der Waals surface area contributed by atoms with Gasteiger partial charge in [-0.15, -0.1) is 0 Å². The molecule has 4 heteroatoms. The van der Waals surface area contributed by atoms with Gasteiger partial charge < -0.3 is 0 Å². The number of rotatable bonds is 1. The lowest BCUT2D eigenvalue weighted by atomic mass is 10.2. The fourth-order valence-corrected chi connectivity index (χ4v) is 2.23. The van der Waals surface area contributed by atoms with Crippen LogP contribution in [0.1, 0.15) is 0 Å². The highest BCUT2D eigenvalue weighted by Gasteiger charge is 2.10. The summed E-state index contributed by atoms with van der Waals surface area (Å²) in [5.41, 5.74) is 2.00. The molecule has 0 spiro atoms. The van der Waals surface area contributed by atoms with E-state index in [9.17, 15) is 0 Å². The number of aromatic nitrogens is 3. The molecule has 1 aromatic carbocycles. The van der Waals surface area contributed by atoms with Gasteiger partial charge in [-0.3, -0.25) is 4.40 Å². The maximum absolute atomic E-state index is 4.49. The van der Waals surface area contributed by atoms with Crippen LogP contribution in [0.15, 0.2) is 53.4 Å². The third-order valence-corrected chi connectivity index (χ3v) is 3.15. The first-order valence-corrected chi connectivity index (χ1v) is 5.69. The second kappa shape index (κ2) is 3.72. The number of hydrogen-bond acceptors (Lipinski definition) is 2. The van der Waals surface area contributed by atoms with E-state index < -0.39 is 0 Å². The van der Waals surface area contributed by atoms with Crippen LogP contribution < -0.4 is 0 Å². The van der Waals surface area contributed by atoms with Crippen LogP contribution in [0.25, 0.3) is 17.0 Å². The van der Waals surface area contributed by atoms with E-state index in [2.05, 4.69) is 25.9 Å². The van der Waals surface area contributed by atoms with Crippen molar-refractivity contribution in [3.8, 4) is 11.3 Å². The van der Waals surface area contributed by atoms with Gasteiger partial charge in [0.25, 0.3) is 0 Å². The molecular weight excluding hydrogens is 266 g/mol. The predicted molar refractivity (Wildman–Crippen MR) is 66.1 cm³/mol. The summed E-state index contributed by atoms with van der Waals surface area (Å²) in [6.45, 7) is 0.